The van der Waals surface area contributed by atoms with Crippen LogP contribution in [0, 0.1) is 13.8 Å². The molecule has 3 rings (SSSR count). The van der Waals surface area contributed by atoms with Crippen molar-refractivity contribution in [3.05, 3.63) is 41.9 Å². The molecule has 0 bridgehead atoms. The Labute approximate surface area is 133 Å². The second-order valence-corrected chi connectivity index (χ2v) is 5.38. The highest BCUT2D eigenvalue weighted by Gasteiger charge is 2.18. The number of fused-ring (bicyclic) bond motifs is 1. The molecule has 6 heteroatoms. The van der Waals surface area contributed by atoms with Crippen LogP contribution < -0.4 is 16.2 Å². The third-order valence-corrected chi connectivity index (χ3v) is 3.88. The number of aromatic nitrogens is 2. The van der Waals surface area contributed by atoms with E-state index >= 15 is 0 Å². The Morgan fingerprint density at radius 1 is 1.30 bits per heavy atom. The molecule has 0 spiro atoms. The highest BCUT2D eigenvalue weighted by molar-refractivity contribution is 5.99. The minimum absolute atomic E-state index is 0.380. The predicted molar refractivity (Wildman–Crippen MR) is 90.9 cm³/mol. The van der Waals surface area contributed by atoms with E-state index in [4.69, 9.17) is 20.7 Å². The topological polar surface area (TPSA) is 100 Å². The van der Waals surface area contributed by atoms with Crippen molar-refractivity contribution < 1.29 is 9.26 Å². The van der Waals surface area contributed by atoms with Crippen molar-refractivity contribution in [1.82, 2.24) is 10.1 Å². The molecule has 0 aliphatic carbocycles. The van der Waals surface area contributed by atoms with Crippen molar-refractivity contribution in [3.8, 4) is 16.9 Å². The van der Waals surface area contributed by atoms with Gasteiger partial charge in [-0.3, -0.25) is 4.98 Å². The fourth-order valence-electron chi connectivity index (χ4n) is 2.73. The molecular formula is C17H18N4O2. The van der Waals surface area contributed by atoms with Gasteiger partial charge in [-0.2, -0.15) is 0 Å². The van der Waals surface area contributed by atoms with Crippen molar-refractivity contribution in [2.75, 3.05) is 12.8 Å². The zero-order valence-corrected chi connectivity index (χ0v) is 13.3. The van der Waals surface area contributed by atoms with E-state index in [9.17, 15) is 0 Å². The molecular weight excluding hydrogens is 292 g/mol. The van der Waals surface area contributed by atoms with Crippen LogP contribution in [0.15, 0.2) is 29.4 Å². The quantitative estimate of drug-likeness (QED) is 0.771. The van der Waals surface area contributed by atoms with Gasteiger partial charge in [0.2, 0.25) is 0 Å². The van der Waals surface area contributed by atoms with Crippen LogP contribution in [0.5, 0.6) is 5.75 Å². The molecule has 23 heavy (non-hydrogen) atoms. The smallest absolute Gasteiger partial charge is 0.141 e. The molecule has 0 unspecified atom stereocenters. The number of benzene rings is 1. The van der Waals surface area contributed by atoms with Gasteiger partial charge >= 0.3 is 0 Å². The molecule has 0 aliphatic rings. The van der Waals surface area contributed by atoms with E-state index in [1.807, 2.05) is 26.0 Å². The molecule has 1 aromatic carbocycles. The Morgan fingerprint density at radius 2 is 2.04 bits per heavy atom. The van der Waals surface area contributed by atoms with E-state index in [2.05, 4.69) is 16.7 Å². The number of ether oxygens (including phenoxy) is 1. The number of aryl methyl sites for hydroxylation is 2. The first-order valence-corrected chi connectivity index (χ1v) is 7.08. The lowest BCUT2D eigenvalue weighted by Crippen LogP contribution is -2.02. The standard InChI is InChI=1S/C17H18N4O2/c1-8(18)13-7-20-14-5-12(16-9(2)21-23-10(16)3)15(22-4)6-11(14)17(13)19/h5-7H,1,18H2,2-4H3,(H2,19,20). The number of nitrogens with two attached hydrogens (primary N) is 2. The van der Waals surface area contributed by atoms with Crippen LogP contribution >= 0.6 is 0 Å². The van der Waals surface area contributed by atoms with Crippen LogP contribution in [0.3, 0.4) is 0 Å². The van der Waals surface area contributed by atoms with Crippen molar-refractivity contribution in [3.63, 3.8) is 0 Å². The first-order chi connectivity index (χ1) is 10.9. The van der Waals surface area contributed by atoms with Gasteiger partial charge in [0.1, 0.15) is 11.5 Å². The molecule has 4 N–H and O–H groups in total. The summed E-state index contributed by atoms with van der Waals surface area (Å²) in [5, 5.41) is 4.76. The molecule has 0 aliphatic heterocycles. The molecule has 0 amide bonds. The summed E-state index contributed by atoms with van der Waals surface area (Å²) >= 11 is 0. The minimum Gasteiger partial charge on any atom is -0.496 e. The normalized spacial score (nSPS) is 10.9. The number of nitrogen functional groups attached to an aromatic ring is 1. The summed E-state index contributed by atoms with van der Waals surface area (Å²) in [5.74, 6) is 1.39. The van der Waals surface area contributed by atoms with Gasteiger partial charge in [-0.25, -0.2) is 0 Å². The monoisotopic (exact) mass is 310 g/mol. The Kier molecular flexibility index (Phi) is 3.44. The van der Waals surface area contributed by atoms with Gasteiger partial charge in [-0.15, -0.1) is 0 Å². The first-order valence-electron chi connectivity index (χ1n) is 7.08. The maximum atomic E-state index is 6.20. The largest absolute Gasteiger partial charge is 0.496 e. The maximum Gasteiger partial charge on any atom is 0.141 e. The van der Waals surface area contributed by atoms with Crippen molar-refractivity contribution in [1.29, 1.82) is 0 Å². The van der Waals surface area contributed by atoms with Gasteiger partial charge in [-0.1, -0.05) is 11.7 Å². The average molecular weight is 310 g/mol. The molecule has 0 fully saturated rings. The van der Waals surface area contributed by atoms with Crippen molar-refractivity contribution in [2.45, 2.75) is 13.8 Å². The Balaban J connectivity index is 2.34. The predicted octanol–water partition coefficient (Wildman–Crippen LogP) is 3.03. The number of hydrogen-bond donors (Lipinski definition) is 2. The Hall–Kier alpha value is -3.02. The summed E-state index contributed by atoms with van der Waals surface area (Å²) in [5.41, 5.74) is 16.8. The van der Waals surface area contributed by atoms with E-state index in [1.165, 1.54) is 0 Å². The molecule has 3 aromatic rings. The lowest BCUT2D eigenvalue weighted by molar-refractivity contribution is 0.393. The second-order valence-electron chi connectivity index (χ2n) is 5.38. The van der Waals surface area contributed by atoms with Crippen molar-refractivity contribution in [2.24, 2.45) is 5.73 Å². The lowest BCUT2D eigenvalue weighted by atomic mass is 9.99. The van der Waals surface area contributed by atoms with E-state index in [0.717, 1.165) is 33.5 Å². The van der Waals surface area contributed by atoms with E-state index < -0.39 is 0 Å². The number of nitrogens with zero attached hydrogens (tertiary/aromatic N) is 2. The van der Waals surface area contributed by atoms with Gasteiger partial charge in [-0.05, 0) is 26.0 Å². The average Bonchev–Trinajstić information content (AvgIpc) is 2.85. The molecule has 0 saturated carbocycles. The summed E-state index contributed by atoms with van der Waals surface area (Å²) in [6, 6.07) is 3.77. The first kappa shape index (κ1) is 14.9. The van der Waals surface area contributed by atoms with Crippen LogP contribution in [0.25, 0.3) is 27.7 Å². The minimum atomic E-state index is 0.380. The highest BCUT2D eigenvalue weighted by Crippen LogP contribution is 2.39. The van der Waals surface area contributed by atoms with Crippen LogP contribution in [0.4, 0.5) is 5.69 Å². The number of pyridine rings is 1. The molecule has 2 aromatic heterocycles. The second kappa shape index (κ2) is 5.31. The van der Waals surface area contributed by atoms with Crippen LogP contribution in [0.1, 0.15) is 17.0 Å². The van der Waals surface area contributed by atoms with E-state index in [1.54, 1.807) is 13.3 Å². The fourth-order valence-corrected chi connectivity index (χ4v) is 2.73. The highest BCUT2D eigenvalue weighted by atomic mass is 16.5. The number of anilines is 1. The third kappa shape index (κ3) is 2.28. The SMILES string of the molecule is C=C(N)c1cnc2cc(-c3c(C)noc3C)c(OC)cc2c1N. The molecule has 0 radical (unpaired) electrons. The van der Waals surface area contributed by atoms with Crippen LogP contribution in [0.2, 0.25) is 0 Å². The van der Waals surface area contributed by atoms with Gasteiger partial charge in [0.25, 0.3) is 0 Å². The number of hydrogen-bond acceptors (Lipinski definition) is 6. The maximum absolute atomic E-state index is 6.20. The summed E-state index contributed by atoms with van der Waals surface area (Å²) in [4.78, 5) is 4.44. The van der Waals surface area contributed by atoms with Gasteiger partial charge in [0.05, 0.1) is 29.6 Å². The van der Waals surface area contributed by atoms with Gasteiger partial charge < -0.3 is 20.7 Å². The summed E-state index contributed by atoms with van der Waals surface area (Å²) < 4.78 is 10.8. The molecule has 0 atom stereocenters. The number of methoxy groups -OCH3 is 1. The summed E-state index contributed by atoms with van der Waals surface area (Å²) in [7, 11) is 1.61. The summed E-state index contributed by atoms with van der Waals surface area (Å²) in [6.45, 7) is 7.47. The van der Waals surface area contributed by atoms with Crippen molar-refractivity contribution >= 4 is 22.3 Å². The lowest BCUT2D eigenvalue weighted by Gasteiger charge is -2.13. The molecule has 6 nitrogen and oxygen atoms in total. The van der Waals surface area contributed by atoms with Crippen LogP contribution in [-0.4, -0.2) is 17.3 Å². The Bertz CT molecular complexity index is 908. The molecule has 0 saturated heterocycles. The third-order valence-electron chi connectivity index (χ3n) is 3.88. The number of rotatable bonds is 3. The van der Waals surface area contributed by atoms with E-state index in [-0.39, 0.29) is 0 Å². The molecule has 2 heterocycles. The van der Waals surface area contributed by atoms with E-state index in [0.29, 0.717) is 22.7 Å². The summed E-state index contributed by atoms with van der Waals surface area (Å²) in [6.07, 6.45) is 1.63. The van der Waals surface area contributed by atoms with Gasteiger partial charge in [0, 0.05) is 28.4 Å². The zero-order valence-electron chi connectivity index (χ0n) is 13.3. The zero-order chi connectivity index (χ0) is 16.7. The van der Waals surface area contributed by atoms with Crippen LogP contribution in [-0.2, 0) is 0 Å². The fraction of sp³-hybridized carbons (Fsp3) is 0.176. The van der Waals surface area contributed by atoms with Gasteiger partial charge in [0.15, 0.2) is 0 Å². The molecule has 118 valence electrons. The Morgan fingerprint density at radius 3 is 2.61 bits per heavy atom.